The van der Waals surface area contributed by atoms with E-state index in [2.05, 4.69) is 11.2 Å². The van der Waals surface area contributed by atoms with Gasteiger partial charge in [0, 0.05) is 44.5 Å². The second kappa shape index (κ2) is 6.33. The number of terminal acetylenes is 1. The summed E-state index contributed by atoms with van der Waals surface area (Å²) in [6, 6.07) is 8.38. The molecule has 1 aromatic carbocycles. The highest BCUT2D eigenvalue weighted by atomic mass is 16.2. The molecule has 0 bridgehead atoms. The molecule has 1 aliphatic heterocycles. The van der Waals surface area contributed by atoms with Gasteiger partial charge in [-0.15, -0.1) is 6.42 Å². The fraction of sp³-hybridized carbons (Fsp3) is 0.438. The Labute approximate surface area is 120 Å². The number of amides is 2. The molecule has 0 spiro atoms. The summed E-state index contributed by atoms with van der Waals surface area (Å²) < 4.78 is 0. The van der Waals surface area contributed by atoms with Crippen molar-refractivity contribution < 1.29 is 4.79 Å². The number of hydrogen-bond acceptors (Lipinski definition) is 2. The Morgan fingerprint density at radius 3 is 2.70 bits per heavy atom. The summed E-state index contributed by atoms with van der Waals surface area (Å²) in [4.78, 5) is 15.4. The number of anilines is 1. The lowest BCUT2D eigenvalue weighted by Crippen LogP contribution is -2.46. The zero-order valence-corrected chi connectivity index (χ0v) is 12.1. The van der Waals surface area contributed by atoms with E-state index >= 15 is 0 Å². The van der Waals surface area contributed by atoms with Crippen molar-refractivity contribution in [2.24, 2.45) is 0 Å². The molecule has 106 valence electrons. The van der Waals surface area contributed by atoms with E-state index in [1.807, 2.05) is 29.2 Å². The van der Waals surface area contributed by atoms with Crippen LogP contribution in [0.25, 0.3) is 0 Å². The molecule has 0 radical (unpaired) electrons. The van der Waals surface area contributed by atoms with Gasteiger partial charge in [-0.3, -0.25) is 0 Å². The number of piperidine rings is 1. The van der Waals surface area contributed by atoms with Crippen LogP contribution in [0, 0.1) is 12.3 Å². The van der Waals surface area contributed by atoms with Gasteiger partial charge in [-0.2, -0.15) is 0 Å². The van der Waals surface area contributed by atoms with Crippen molar-refractivity contribution in [1.82, 2.24) is 9.80 Å². The van der Waals surface area contributed by atoms with Gasteiger partial charge in [0.15, 0.2) is 0 Å². The van der Waals surface area contributed by atoms with E-state index in [0.29, 0.717) is 6.04 Å². The average molecular weight is 271 g/mol. The SMILES string of the molecule is C#Cc1cccc(NC2CCN(C(=O)N(C)C)CC2)c1. The molecule has 0 aromatic heterocycles. The van der Waals surface area contributed by atoms with Crippen LogP contribution in [0.4, 0.5) is 10.5 Å². The largest absolute Gasteiger partial charge is 0.382 e. The number of likely N-dealkylation sites (tertiary alicyclic amines) is 1. The zero-order valence-electron chi connectivity index (χ0n) is 12.1. The Balaban J connectivity index is 1.88. The third-order valence-electron chi connectivity index (χ3n) is 3.55. The monoisotopic (exact) mass is 271 g/mol. The van der Waals surface area contributed by atoms with Crippen LogP contribution in [-0.2, 0) is 0 Å². The van der Waals surface area contributed by atoms with Crippen molar-refractivity contribution in [2.75, 3.05) is 32.5 Å². The maximum absolute atomic E-state index is 11.9. The third kappa shape index (κ3) is 3.45. The molecular formula is C16H21N3O. The van der Waals surface area contributed by atoms with E-state index in [1.165, 1.54) is 0 Å². The number of nitrogens with one attached hydrogen (secondary N) is 1. The average Bonchev–Trinajstić information content (AvgIpc) is 2.47. The van der Waals surface area contributed by atoms with Gasteiger partial charge in [0.2, 0.25) is 0 Å². The quantitative estimate of drug-likeness (QED) is 0.837. The molecule has 20 heavy (non-hydrogen) atoms. The lowest BCUT2D eigenvalue weighted by Gasteiger charge is -2.34. The molecule has 0 aliphatic carbocycles. The Morgan fingerprint density at radius 2 is 2.10 bits per heavy atom. The normalized spacial score (nSPS) is 15.6. The van der Waals surface area contributed by atoms with Gasteiger partial charge in [0.25, 0.3) is 0 Å². The van der Waals surface area contributed by atoms with Gasteiger partial charge in [-0.25, -0.2) is 4.79 Å². The molecular weight excluding hydrogens is 250 g/mol. The summed E-state index contributed by atoms with van der Waals surface area (Å²) in [6.45, 7) is 1.59. The number of urea groups is 1. The highest BCUT2D eigenvalue weighted by Gasteiger charge is 2.23. The van der Waals surface area contributed by atoms with Crippen LogP contribution in [0.5, 0.6) is 0 Å². The first kappa shape index (κ1) is 14.3. The van der Waals surface area contributed by atoms with Crippen molar-refractivity contribution in [3.8, 4) is 12.3 Å². The summed E-state index contributed by atoms with van der Waals surface area (Å²) in [7, 11) is 3.58. The van der Waals surface area contributed by atoms with Crippen LogP contribution in [0.2, 0.25) is 0 Å². The molecule has 0 unspecified atom stereocenters. The summed E-state index contributed by atoms with van der Waals surface area (Å²) >= 11 is 0. The number of hydrogen-bond donors (Lipinski definition) is 1. The van der Waals surface area contributed by atoms with E-state index in [9.17, 15) is 4.79 Å². The van der Waals surface area contributed by atoms with Crippen LogP contribution in [0.15, 0.2) is 24.3 Å². The minimum absolute atomic E-state index is 0.0952. The smallest absolute Gasteiger partial charge is 0.319 e. The summed E-state index contributed by atoms with van der Waals surface area (Å²) in [5.41, 5.74) is 1.94. The Bertz CT molecular complexity index is 511. The van der Waals surface area contributed by atoms with Crippen molar-refractivity contribution in [3.05, 3.63) is 29.8 Å². The lowest BCUT2D eigenvalue weighted by molar-refractivity contribution is 0.158. The van der Waals surface area contributed by atoms with Crippen LogP contribution in [0.1, 0.15) is 18.4 Å². The molecule has 1 heterocycles. The van der Waals surface area contributed by atoms with Crippen LogP contribution in [-0.4, -0.2) is 49.1 Å². The number of rotatable bonds is 2. The van der Waals surface area contributed by atoms with Crippen molar-refractivity contribution in [2.45, 2.75) is 18.9 Å². The Morgan fingerprint density at radius 1 is 1.40 bits per heavy atom. The van der Waals surface area contributed by atoms with Gasteiger partial charge < -0.3 is 15.1 Å². The molecule has 0 saturated carbocycles. The maximum atomic E-state index is 11.9. The molecule has 4 heteroatoms. The fourth-order valence-corrected chi connectivity index (χ4v) is 2.43. The zero-order chi connectivity index (χ0) is 14.5. The van der Waals surface area contributed by atoms with Gasteiger partial charge in [-0.1, -0.05) is 12.0 Å². The molecule has 2 rings (SSSR count). The molecule has 0 atom stereocenters. The Hall–Kier alpha value is -2.15. The standard InChI is InChI=1S/C16H21N3O/c1-4-13-6-5-7-15(12-13)17-14-8-10-19(11-9-14)16(20)18(2)3/h1,5-7,12,14,17H,8-11H2,2-3H3. The number of carbonyl (C=O) groups is 1. The molecule has 1 fully saturated rings. The Kier molecular flexibility index (Phi) is 4.52. The van der Waals surface area contributed by atoms with Crippen LogP contribution in [0.3, 0.4) is 0 Å². The number of carbonyl (C=O) groups excluding carboxylic acids is 1. The second-order valence-electron chi connectivity index (χ2n) is 5.31. The van der Waals surface area contributed by atoms with Crippen LogP contribution < -0.4 is 5.32 Å². The molecule has 4 nitrogen and oxygen atoms in total. The van der Waals surface area contributed by atoms with E-state index in [4.69, 9.17) is 6.42 Å². The van der Waals surface area contributed by atoms with E-state index in [1.54, 1.807) is 19.0 Å². The number of nitrogens with zero attached hydrogens (tertiary/aromatic N) is 2. The van der Waals surface area contributed by atoms with E-state index in [0.717, 1.165) is 37.2 Å². The molecule has 2 amide bonds. The molecule has 1 saturated heterocycles. The summed E-state index contributed by atoms with van der Waals surface area (Å²) in [5.74, 6) is 2.64. The minimum Gasteiger partial charge on any atom is -0.382 e. The highest BCUT2D eigenvalue weighted by Crippen LogP contribution is 2.18. The van der Waals surface area contributed by atoms with Gasteiger partial charge >= 0.3 is 6.03 Å². The number of benzene rings is 1. The van der Waals surface area contributed by atoms with Crippen LogP contribution >= 0.6 is 0 Å². The van der Waals surface area contributed by atoms with Gasteiger partial charge in [0.05, 0.1) is 0 Å². The fourth-order valence-electron chi connectivity index (χ4n) is 2.43. The predicted octanol–water partition coefficient (Wildman–Crippen LogP) is 2.23. The van der Waals surface area contributed by atoms with Crippen molar-refractivity contribution in [1.29, 1.82) is 0 Å². The molecule has 1 N–H and O–H groups in total. The third-order valence-corrected chi connectivity index (χ3v) is 3.55. The molecule has 1 aliphatic rings. The summed E-state index contributed by atoms with van der Waals surface area (Å²) in [6.07, 6.45) is 7.32. The highest BCUT2D eigenvalue weighted by molar-refractivity contribution is 5.73. The lowest BCUT2D eigenvalue weighted by atomic mass is 10.0. The first-order chi connectivity index (χ1) is 9.60. The first-order valence-electron chi connectivity index (χ1n) is 6.89. The minimum atomic E-state index is 0.0952. The van der Waals surface area contributed by atoms with Crippen molar-refractivity contribution >= 4 is 11.7 Å². The predicted molar refractivity (Wildman–Crippen MR) is 81.7 cm³/mol. The summed E-state index contributed by atoms with van der Waals surface area (Å²) in [5, 5.41) is 3.50. The second-order valence-corrected chi connectivity index (χ2v) is 5.31. The van der Waals surface area contributed by atoms with E-state index in [-0.39, 0.29) is 6.03 Å². The molecule has 1 aromatic rings. The topological polar surface area (TPSA) is 35.6 Å². The first-order valence-corrected chi connectivity index (χ1v) is 6.89. The van der Waals surface area contributed by atoms with Gasteiger partial charge in [0.1, 0.15) is 0 Å². The maximum Gasteiger partial charge on any atom is 0.319 e. The van der Waals surface area contributed by atoms with Gasteiger partial charge in [-0.05, 0) is 31.0 Å². The van der Waals surface area contributed by atoms with Crippen molar-refractivity contribution in [3.63, 3.8) is 0 Å². The van der Waals surface area contributed by atoms with E-state index < -0.39 is 0 Å².